The Bertz CT molecular complexity index is 975. The first-order valence-electron chi connectivity index (χ1n) is 7.82. The van der Waals surface area contributed by atoms with Crippen LogP contribution in [0.4, 0.5) is 20.2 Å². The monoisotopic (exact) mass is 421 g/mol. The first kappa shape index (κ1) is 19.7. The van der Waals surface area contributed by atoms with Crippen molar-refractivity contribution in [1.29, 1.82) is 0 Å². The highest BCUT2D eigenvalue weighted by atomic mass is 35.5. The minimum atomic E-state index is -0.601. The van der Waals surface area contributed by atoms with Crippen LogP contribution in [0.2, 0.25) is 10.0 Å². The van der Waals surface area contributed by atoms with E-state index in [0.29, 0.717) is 11.4 Å². The van der Waals surface area contributed by atoms with E-state index in [1.807, 2.05) is 0 Å². The van der Waals surface area contributed by atoms with Crippen LogP contribution in [0.3, 0.4) is 0 Å². The summed E-state index contributed by atoms with van der Waals surface area (Å²) in [5.41, 5.74) is 0.836. The molecule has 0 radical (unpaired) electrons. The average molecular weight is 422 g/mol. The highest BCUT2D eigenvalue weighted by Gasteiger charge is 2.12. The zero-order valence-corrected chi connectivity index (χ0v) is 15.5. The summed E-state index contributed by atoms with van der Waals surface area (Å²) in [6, 6.07) is 10.3. The summed E-state index contributed by atoms with van der Waals surface area (Å²) in [5, 5.41) is 4.82. The number of nitrogens with one attached hydrogen (secondary N) is 2. The number of nitrogens with zero attached hydrogens (tertiary/aromatic N) is 1. The van der Waals surface area contributed by atoms with E-state index in [1.165, 1.54) is 42.6 Å². The molecule has 3 rings (SSSR count). The molecule has 2 N–H and O–H groups in total. The lowest BCUT2D eigenvalue weighted by Crippen LogP contribution is -2.16. The Hall–Kier alpha value is -3.03. The van der Waals surface area contributed by atoms with E-state index in [9.17, 15) is 18.4 Å². The van der Waals surface area contributed by atoms with Gasteiger partial charge in [-0.3, -0.25) is 14.6 Å². The Morgan fingerprint density at radius 2 is 1.32 bits per heavy atom. The van der Waals surface area contributed by atoms with Gasteiger partial charge < -0.3 is 10.6 Å². The number of carbonyl (C=O) groups is 2. The molecule has 0 unspecified atom stereocenters. The van der Waals surface area contributed by atoms with Gasteiger partial charge in [0.15, 0.2) is 0 Å². The molecule has 2 aromatic carbocycles. The van der Waals surface area contributed by atoms with Crippen molar-refractivity contribution in [2.45, 2.75) is 0 Å². The first-order chi connectivity index (χ1) is 13.3. The number of hydrogen-bond donors (Lipinski definition) is 2. The smallest absolute Gasteiger partial charge is 0.274 e. The molecule has 0 fully saturated rings. The van der Waals surface area contributed by atoms with Crippen LogP contribution in [0.25, 0.3) is 0 Å². The molecule has 2 amide bonds. The lowest BCUT2D eigenvalue weighted by molar-refractivity contribution is 0.101. The molecule has 9 heteroatoms. The van der Waals surface area contributed by atoms with E-state index < -0.39 is 23.4 Å². The van der Waals surface area contributed by atoms with Crippen LogP contribution >= 0.6 is 23.2 Å². The summed E-state index contributed by atoms with van der Waals surface area (Å²) in [5.74, 6) is -2.26. The maximum absolute atomic E-state index is 13.2. The molecule has 5 nitrogen and oxygen atoms in total. The van der Waals surface area contributed by atoms with Gasteiger partial charge in [-0.1, -0.05) is 23.2 Å². The van der Waals surface area contributed by atoms with E-state index in [1.54, 1.807) is 0 Å². The van der Waals surface area contributed by atoms with E-state index in [2.05, 4.69) is 15.6 Å². The zero-order valence-electron chi connectivity index (χ0n) is 14.0. The van der Waals surface area contributed by atoms with Crippen molar-refractivity contribution in [2.75, 3.05) is 10.6 Å². The van der Waals surface area contributed by atoms with E-state index >= 15 is 0 Å². The van der Waals surface area contributed by atoms with Crippen molar-refractivity contribution < 1.29 is 18.4 Å². The zero-order chi connectivity index (χ0) is 20.3. The number of amides is 2. The Labute approximate surface area is 168 Å². The molecule has 0 bridgehead atoms. The molecule has 142 valence electrons. The summed E-state index contributed by atoms with van der Waals surface area (Å²) >= 11 is 11.3. The molecule has 0 atom stereocenters. The maximum atomic E-state index is 13.2. The number of halogens is 4. The molecule has 28 heavy (non-hydrogen) atoms. The molecule has 3 aromatic rings. The number of hydrogen-bond acceptors (Lipinski definition) is 3. The van der Waals surface area contributed by atoms with Crippen LogP contribution in [0.15, 0.2) is 54.7 Å². The number of pyridine rings is 1. The fourth-order valence-corrected chi connectivity index (χ4v) is 2.57. The number of benzene rings is 2. The predicted molar refractivity (Wildman–Crippen MR) is 103 cm³/mol. The van der Waals surface area contributed by atoms with Crippen LogP contribution in [0, 0.1) is 11.6 Å². The molecular weight excluding hydrogens is 411 g/mol. The van der Waals surface area contributed by atoms with E-state index in [4.69, 9.17) is 23.2 Å². The van der Waals surface area contributed by atoms with Crippen LogP contribution in [0.1, 0.15) is 20.8 Å². The third-order valence-electron chi connectivity index (χ3n) is 3.61. The molecule has 0 saturated carbocycles. The van der Waals surface area contributed by atoms with E-state index in [0.717, 1.165) is 12.1 Å². The van der Waals surface area contributed by atoms with Gasteiger partial charge >= 0.3 is 0 Å². The summed E-state index contributed by atoms with van der Waals surface area (Å²) in [6.45, 7) is 0. The molecule has 0 spiro atoms. The third-order valence-corrected chi connectivity index (χ3v) is 4.19. The SMILES string of the molecule is O=C(Nc1ccc(F)c(Cl)c1)c1ccc(C(=O)Nc2ccc(F)c(Cl)c2)nc1. The highest BCUT2D eigenvalue weighted by molar-refractivity contribution is 6.31. The van der Waals surface area contributed by atoms with Gasteiger partial charge in [-0.2, -0.15) is 0 Å². The molecule has 0 saturated heterocycles. The molecular formula is C19H11Cl2F2N3O2. The molecule has 0 aliphatic heterocycles. The lowest BCUT2D eigenvalue weighted by atomic mass is 10.2. The molecule has 1 aromatic heterocycles. The number of rotatable bonds is 4. The van der Waals surface area contributed by atoms with Crippen molar-refractivity contribution in [1.82, 2.24) is 4.98 Å². The Morgan fingerprint density at radius 3 is 1.79 bits per heavy atom. The molecule has 0 aliphatic rings. The van der Waals surface area contributed by atoms with Crippen LogP contribution in [-0.4, -0.2) is 16.8 Å². The van der Waals surface area contributed by atoms with Gasteiger partial charge in [0.05, 0.1) is 15.6 Å². The number of carbonyl (C=O) groups excluding carboxylic acids is 2. The summed E-state index contributed by atoms with van der Waals surface area (Å²) in [7, 11) is 0. The fraction of sp³-hybridized carbons (Fsp3) is 0. The van der Waals surface area contributed by atoms with Gasteiger partial charge in [-0.25, -0.2) is 8.78 Å². The van der Waals surface area contributed by atoms with Crippen LogP contribution in [0.5, 0.6) is 0 Å². The van der Waals surface area contributed by atoms with Crippen LogP contribution < -0.4 is 10.6 Å². The molecule has 0 aliphatic carbocycles. The summed E-state index contributed by atoms with van der Waals surface area (Å²) in [6.07, 6.45) is 1.22. The maximum Gasteiger partial charge on any atom is 0.274 e. The normalized spacial score (nSPS) is 10.4. The second-order valence-electron chi connectivity index (χ2n) is 5.60. The third kappa shape index (κ3) is 4.62. The van der Waals surface area contributed by atoms with Gasteiger partial charge in [-0.15, -0.1) is 0 Å². The quantitative estimate of drug-likeness (QED) is 0.610. The predicted octanol–water partition coefficient (Wildman–Crippen LogP) is 5.17. The van der Waals surface area contributed by atoms with Gasteiger partial charge in [-0.05, 0) is 48.5 Å². The minimum Gasteiger partial charge on any atom is -0.322 e. The minimum absolute atomic E-state index is 0.0434. The van der Waals surface area contributed by atoms with Crippen molar-refractivity contribution in [2.24, 2.45) is 0 Å². The molecule has 1 heterocycles. The summed E-state index contributed by atoms with van der Waals surface area (Å²) < 4.78 is 26.3. The average Bonchev–Trinajstić information content (AvgIpc) is 2.67. The van der Waals surface area contributed by atoms with Crippen molar-refractivity contribution in [3.8, 4) is 0 Å². The second-order valence-corrected chi connectivity index (χ2v) is 6.41. The lowest BCUT2D eigenvalue weighted by Gasteiger charge is -2.08. The van der Waals surface area contributed by atoms with Gasteiger partial charge in [0.1, 0.15) is 17.3 Å². The fourth-order valence-electron chi connectivity index (χ4n) is 2.21. The largest absolute Gasteiger partial charge is 0.322 e. The van der Waals surface area contributed by atoms with Gasteiger partial charge in [0.2, 0.25) is 0 Å². The van der Waals surface area contributed by atoms with E-state index in [-0.39, 0.29) is 21.3 Å². The standard InChI is InChI=1S/C19H11Cl2F2N3O2/c20-13-7-11(2-4-15(13)22)25-18(27)10-1-6-17(24-9-10)19(28)26-12-3-5-16(23)14(21)8-12/h1-9H,(H,25,27)(H,26,28). The Kier molecular flexibility index (Phi) is 5.87. The van der Waals surface area contributed by atoms with Gasteiger partial charge in [0.25, 0.3) is 11.8 Å². The summed E-state index contributed by atoms with van der Waals surface area (Å²) in [4.78, 5) is 28.3. The Morgan fingerprint density at radius 1 is 0.786 bits per heavy atom. The van der Waals surface area contributed by atoms with Gasteiger partial charge in [0, 0.05) is 17.6 Å². The second kappa shape index (κ2) is 8.33. The van der Waals surface area contributed by atoms with Crippen molar-refractivity contribution in [3.05, 3.63) is 87.7 Å². The topological polar surface area (TPSA) is 71.1 Å². The highest BCUT2D eigenvalue weighted by Crippen LogP contribution is 2.21. The van der Waals surface area contributed by atoms with Crippen molar-refractivity contribution in [3.63, 3.8) is 0 Å². The Balaban J connectivity index is 1.67. The number of anilines is 2. The first-order valence-corrected chi connectivity index (χ1v) is 8.58. The van der Waals surface area contributed by atoms with Crippen LogP contribution in [-0.2, 0) is 0 Å². The number of aromatic nitrogens is 1. The van der Waals surface area contributed by atoms with Crippen molar-refractivity contribution >= 4 is 46.4 Å².